The molecule has 1 N–H and O–H groups in total. The molecule has 0 saturated heterocycles. The Kier molecular flexibility index (Phi) is 5.30. The minimum absolute atomic E-state index is 0.179. The van der Waals surface area contributed by atoms with Crippen molar-refractivity contribution in [3.05, 3.63) is 29.8 Å². The lowest BCUT2D eigenvalue weighted by atomic mass is 9.85. The summed E-state index contributed by atoms with van der Waals surface area (Å²) in [6.45, 7) is 2.29. The zero-order valence-electron chi connectivity index (χ0n) is 11.7. The van der Waals surface area contributed by atoms with E-state index in [1.54, 1.807) is 11.8 Å². The van der Waals surface area contributed by atoms with Gasteiger partial charge in [0.15, 0.2) is 0 Å². The van der Waals surface area contributed by atoms with Crippen LogP contribution in [0, 0.1) is 17.2 Å². The fourth-order valence-electron chi connectivity index (χ4n) is 2.78. The summed E-state index contributed by atoms with van der Waals surface area (Å²) in [6, 6.07) is 11.0. The van der Waals surface area contributed by atoms with Crippen LogP contribution in [0.15, 0.2) is 29.2 Å². The van der Waals surface area contributed by atoms with Gasteiger partial charge in [-0.1, -0.05) is 31.9 Å². The normalized spacial score (nSPS) is 24.7. The maximum Gasteiger partial charge on any atom is 0.121 e. The lowest BCUT2D eigenvalue weighted by molar-refractivity contribution is 0.271. The third kappa shape index (κ3) is 3.75. The minimum atomic E-state index is -0.179. The molecule has 3 atom stereocenters. The first kappa shape index (κ1) is 14.4. The van der Waals surface area contributed by atoms with Gasteiger partial charge in [0, 0.05) is 10.9 Å². The van der Waals surface area contributed by atoms with Gasteiger partial charge in [-0.25, -0.2) is 0 Å². The van der Waals surface area contributed by atoms with Gasteiger partial charge in [0.1, 0.15) is 6.04 Å². The van der Waals surface area contributed by atoms with Crippen molar-refractivity contribution in [2.45, 2.75) is 49.6 Å². The topological polar surface area (TPSA) is 35.8 Å². The van der Waals surface area contributed by atoms with Gasteiger partial charge in [0.2, 0.25) is 0 Å². The second-order valence-electron chi connectivity index (χ2n) is 5.37. The molecule has 0 radical (unpaired) electrons. The molecule has 0 amide bonds. The molecule has 1 aliphatic carbocycles. The predicted octanol–water partition coefficient (Wildman–Crippen LogP) is 4.14. The molecule has 1 saturated carbocycles. The lowest BCUT2D eigenvalue weighted by Crippen LogP contribution is -2.39. The van der Waals surface area contributed by atoms with Gasteiger partial charge in [-0.2, -0.15) is 5.26 Å². The molecule has 2 rings (SSSR count). The molecule has 102 valence electrons. The van der Waals surface area contributed by atoms with Crippen molar-refractivity contribution in [2.75, 3.05) is 6.26 Å². The molecule has 0 aliphatic heterocycles. The number of hydrogen-bond donors (Lipinski definition) is 1. The Morgan fingerprint density at radius 3 is 2.53 bits per heavy atom. The van der Waals surface area contributed by atoms with Gasteiger partial charge < -0.3 is 0 Å². The zero-order valence-corrected chi connectivity index (χ0v) is 12.5. The summed E-state index contributed by atoms with van der Waals surface area (Å²) in [6.07, 6.45) is 7.16. The monoisotopic (exact) mass is 274 g/mol. The predicted molar refractivity (Wildman–Crippen MR) is 81.1 cm³/mol. The highest BCUT2D eigenvalue weighted by Crippen LogP contribution is 2.26. The van der Waals surface area contributed by atoms with Crippen molar-refractivity contribution in [1.82, 2.24) is 5.32 Å². The lowest BCUT2D eigenvalue weighted by Gasteiger charge is -2.31. The third-order valence-corrected chi connectivity index (χ3v) is 4.81. The number of thioether (sulfide) groups is 1. The van der Waals surface area contributed by atoms with Crippen molar-refractivity contribution in [1.29, 1.82) is 5.26 Å². The number of benzene rings is 1. The van der Waals surface area contributed by atoms with Gasteiger partial charge >= 0.3 is 0 Å². The number of hydrogen-bond acceptors (Lipinski definition) is 3. The van der Waals surface area contributed by atoms with E-state index in [2.05, 4.69) is 48.8 Å². The first-order valence-electron chi connectivity index (χ1n) is 7.04. The molecule has 0 aromatic heterocycles. The van der Waals surface area contributed by atoms with Crippen LogP contribution >= 0.6 is 11.8 Å². The minimum Gasteiger partial charge on any atom is -0.295 e. The molecule has 1 aromatic rings. The average Bonchev–Trinajstić information content (AvgIpc) is 2.47. The molecule has 3 unspecified atom stereocenters. The maximum atomic E-state index is 9.41. The first-order chi connectivity index (χ1) is 9.24. The highest BCUT2D eigenvalue weighted by molar-refractivity contribution is 7.98. The summed E-state index contributed by atoms with van der Waals surface area (Å²) in [5.41, 5.74) is 1.08. The molecule has 1 aliphatic rings. The molecular weight excluding hydrogens is 252 g/mol. The van der Waals surface area contributed by atoms with E-state index in [1.807, 2.05) is 0 Å². The number of nitriles is 1. The summed E-state index contributed by atoms with van der Waals surface area (Å²) in [5, 5.41) is 12.9. The second kappa shape index (κ2) is 6.98. The van der Waals surface area contributed by atoms with Crippen molar-refractivity contribution >= 4 is 11.8 Å². The second-order valence-corrected chi connectivity index (χ2v) is 6.25. The van der Waals surface area contributed by atoms with E-state index in [1.165, 1.54) is 30.6 Å². The number of rotatable bonds is 4. The highest BCUT2D eigenvalue weighted by atomic mass is 32.2. The molecule has 0 spiro atoms. The first-order valence-corrected chi connectivity index (χ1v) is 8.26. The molecule has 1 fully saturated rings. The Morgan fingerprint density at radius 2 is 1.95 bits per heavy atom. The van der Waals surface area contributed by atoms with E-state index < -0.39 is 0 Å². The van der Waals surface area contributed by atoms with E-state index in [0.717, 1.165) is 5.56 Å². The van der Waals surface area contributed by atoms with E-state index >= 15 is 0 Å². The standard InChI is InChI=1S/C16H22N2S/c1-12-5-3-4-6-15(12)18-16(11-17)13-7-9-14(19-2)10-8-13/h7-10,12,15-16,18H,3-6H2,1-2H3. The van der Waals surface area contributed by atoms with Crippen LogP contribution in [-0.4, -0.2) is 12.3 Å². The van der Waals surface area contributed by atoms with E-state index in [-0.39, 0.29) is 6.04 Å². The summed E-state index contributed by atoms with van der Waals surface area (Å²) in [5.74, 6) is 0.676. The van der Waals surface area contributed by atoms with Crippen LogP contribution in [0.5, 0.6) is 0 Å². The average molecular weight is 274 g/mol. The fraction of sp³-hybridized carbons (Fsp3) is 0.562. The van der Waals surface area contributed by atoms with Gasteiger partial charge in [-0.3, -0.25) is 5.32 Å². The molecular formula is C16H22N2S. The smallest absolute Gasteiger partial charge is 0.121 e. The summed E-state index contributed by atoms with van der Waals surface area (Å²) >= 11 is 1.73. The van der Waals surface area contributed by atoms with Crippen molar-refractivity contribution in [2.24, 2.45) is 5.92 Å². The zero-order chi connectivity index (χ0) is 13.7. The van der Waals surface area contributed by atoms with Crippen LogP contribution in [0.4, 0.5) is 0 Å². The largest absolute Gasteiger partial charge is 0.295 e. The van der Waals surface area contributed by atoms with Gasteiger partial charge in [-0.05, 0) is 42.7 Å². The Bertz CT molecular complexity index is 435. The van der Waals surface area contributed by atoms with Crippen LogP contribution in [0.3, 0.4) is 0 Å². The molecule has 1 aromatic carbocycles. The summed E-state index contributed by atoms with van der Waals surface area (Å²) in [7, 11) is 0. The van der Waals surface area contributed by atoms with Crippen LogP contribution in [-0.2, 0) is 0 Å². The Balaban J connectivity index is 2.04. The van der Waals surface area contributed by atoms with E-state index in [0.29, 0.717) is 12.0 Å². The third-order valence-electron chi connectivity index (χ3n) is 4.07. The summed E-state index contributed by atoms with van der Waals surface area (Å²) in [4.78, 5) is 1.24. The van der Waals surface area contributed by atoms with E-state index in [9.17, 15) is 5.26 Å². The summed E-state index contributed by atoms with van der Waals surface area (Å²) < 4.78 is 0. The maximum absolute atomic E-state index is 9.41. The van der Waals surface area contributed by atoms with Gasteiger partial charge in [0.25, 0.3) is 0 Å². The highest BCUT2D eigenvalue weighted by Gasteiger charge is 2.24. The van der Waals surface area contributed by atoms with E-state index in [4.69, 9.17) is 0 Å². The fourth-order valence-corrected chi connectivity index (χ4v) is 3.19. The molecule has 0 heterocycles. The Hall–Kier alpha value is -0.980. The van der Waals surface area contributed by atoms with Crippen LogP contribution in [0.1, 0.15) is 44.2 Å². The molecule has 2 nitrogen and oxygen atoms in total. The van der Waals surface area contributed by atoms with Crippen molar-refractivity contribution in [3.63, 3.8) is 0 Å². The van der Waals surface area contributed by atoms with Gasteiger partial charge in [-0.15, -0.1) is 11.8 Å². The van der Waals surface area contributed by atoms with Crippen LogP contribution < -0.4 is 5.32 Å². The Labute approximate surface area is 120 Å². The van der Waals surface area contributed by atoms with Crippen LogP contribution in [0.2, 0.25) is 0 Å². The molecule has 0 bridgehead atoms. The van der Waals surface area contributed by atoms with Crippen molar-refractivity contribution in [3.8, 4) is 6.07 Å². The quantitative estimate of drug-likeness (QED) is 0.838. The number of nitrogens with one attached hydrogen (secondary N) is 1. The molecule has 19 heavy (non-hydrogen) atoms. The molecule has 3 heteroatoms. The van der Waals surface area contributed by atoms with Crippen molar-refractivity contribution < 1.29 is 0 Å². The Morgan fingerprint density at radius 1 is 1.26 bits per heavy atom. The number of nitrogens with zero attached hydrogens (tertiary/aromatic N) is 1. The SMILES string of the molecule is CSc1ccc(C(C#N)NC2CCCCC2C)cc1. The van der Waals surface area contributed by atoms with Crippen LogP contribution in [0.25, 0.3) is 0 Å². The van der Waals surface area contributed by atoms with Gasteiger partial charge in [0.05, 0.1) is 6.07 Å².